The summed E-state index contributed by atoms with van der Waals surface area (Å²) in [7, 11) is 0. The Bertz CT molecular complexity index is 1200. The number of benzene rings is 2. The fourth-order valence-corrected chi connectivity index (χ4v) is 4.46. The summed E-state index contributed by atoms with van der Waals surface area (Å²) in [6.45, 7) is 5.25. The zero-order chi connectivity index (χ0) is 23.2. The summed E-state index contributed by atoms with van der Waals surface area (Å²) in [5.74, 6) is -1.62. The molecular weight excluding hydrogens is 447 g/mol. The van der Waals surface area contributed by atoms with Crippen molar-refractivity contribution in [1.29, 1.82) is 0 Å². The summed E-state index contributed by atoms with van der Waals surface area (Å²) in [6.07, 6.45) is -5.00. The number of quaternary nitrogens is 1. The van der Waals surface area contributed by atoms with Crippen LogP contribution in [0.5, 0.6) is 5.75 Å². The molecule has 1 unspecified atom stereocenters. The first-order valence-electron chi connectivity index (χ1n) is 10.2. The second kappa shape index (κ2) is 8.42. The number of rotatable bonds is 3. The van der Waals surface area contributed by atoms with Crippen molar-refractivity contribution in [3.05, 3.63) is 63.0 Å². The summed E-state index contributed by atoms with van der Waals surface area (Å²) < 4.78 is 53.0. The zero-order valence-electron chi connectivity index (χ0n) is 17.4. The highest BCUT2D eigenvalue weighted by molar-refractivity contribution is 6.30. The smallest absolute Gasteiger partial charge is 0.450 e. The Morgan fingerprint density at radius 1 is 1.09 bits per heavy atom. The molecule has 2 heterocycles. The van der Waals surface area contributed by atoms with E-state index in [1.807, 2.05) is 13.8 Å². The maximum Gasteiger partial charge on any atom is 0.450 e. The summed E-state index contributed by atoms with van der Waals surface area (Å²) in [6, 6.07) is 8.12. The van der Waals surface area contributed by atoms with Crippen LogP contribution in [0.25, 0.3) is 22.1 Å². The van der Waals surface area contributed by atoms with E-state index < -0.39 is 22.9 Å². The largest absolute Gasteiger partial charge is 0.507 e. The van der Waals surface area contributed by atoms with Crippen molar-refractivity contribution >= 4 is 22.6 Å². The predicted octanol–water partition coefficient (Wildman–Crippen LogP) is 4.03. The first-order valence-corrected chi connectivity index (χ1v) is 10.6. The van der Waals surface area contributed by atoms with E-state index in [0.717, 1.165) is 4.90 Å². The maximum atomic E-state index is 14.0. The van der Waals surface area contributed by atoms with Gasteiger partial charge in [-0.05, 0) is 43.7 Å². The van der Waals surface area contributed by atoms with Crippen LogP contribution < -0.4 is 10.3 Å². The van der Waals surface area contributed by atoms with Crippen molar-refractivity contribution in [3.8, 4) is 16.9 Å². The van der Waals surface area contributed by atoms with Crippen molar-refractivity contribution in [2.75, 3.05) is 13.1 Å². The average Bonchev–Trinajstić information content (AvgIpc) is 2.69. The highest BCUT2D eigenvalue weighted by atomic mass is 35.5. The van der Waals surface area contributed by atoms with Gasteiger partial charge < -0.3 is 19.2 Å². The van der Waals surface area contributed by atoms with Crippen molar-refractivity contribution in [3.63, 3.8) is 0 Å². The van der Waals surface area contributed by atoms with E-state index in [2.05, 4.69) is 0 Å². The molecule has 5 nitrogen and oxygen atoms in total. The molecule has 4 rings (SSSR count). The monoisotopic (exact) mass is 468 g/mol. The van der Waals surface area contributed by atoms with Crippen molar-refractivity contribution in [1.82, 2.24) is 0 Å². The Labute approximate surface area is 187 Å². The molecule has 1 saturated heterocycles. The second-order valence-electron chi connectivity index (χ2n) is 8.17. The molecule has 3 atom stereocenters. The number of hydrogen-bond donors (Lipinski definition) is 2. The summed E-state index contributed by atoms with van der Waals surface area (Å²) in [5, 5.41) is 10.8. The fraction of sp³-hybridized carbons (Fsp3) is 0.348. The molecule has 1 fully saturated rings. The maximum absolute atomic E-state index is 14.0. The lowest BCUT2D eigenvalue weighted by Gasteiger charge is -2.32. The van der Waals surface area contributed by atoms with Crippen molar-refractivity contribution < 1.29 is 32.3 Å². The van der Waals surface area contributed by atoms with E-state index in [1.54, 1.807) is 0 Å². The Kier molecular flexibility index (Phi) is 5.96. The van der Waals surface area contributed by atoms with Gasteiger partial charge in [0.05, 0.1) is 16.5 Å². The highest BCUT2D eigenvalue weighted by Crippen LogP contribution is 2.39. The van der Waals surface area contributed by atoms with E-state index >= 15 is 0 Å². The summed E-state index contributed by atoms with van der Waals surface area (Å²) in [5.41, 5.74) is -1.43. The molecule has 1 aromatic heterocycles. The zero-order valence-corrected chi connectivity index (χ0v) is 18.2. The SMILES string of the molecule is C[C@@H]1C[NH+](Cc2c(O)ccc3c(=O)c(-c4ccc(Cl)cc4)c(C(F)(F)F)oc23)C[C@H](C)O1. The number of phenols is 1. The quantitative estimate of drug-likeness (QED) is 0.609. The summed E-state index contributed by atoms with van der Waals surface area (Å²) >= 11 is 5.85. The van der Waals surface area contributed by atoms with E-state index in [0.29, 0.717) is 18.1 Å². The van der Waals surface area contributed by atoms with E-state index in [1.165, 1.54) is 36.4 Å². The van der Waals surface area contributed by atoms with Crippen molar-refractivity contribution in [2.45, 2.75) is 38.8 Å². The molecule has 0 spiro atoms. The molecule has 1 aliphatic rings. The number of ether oxygens (including phenoxy) is 1. The normalized spacial score (nSPS) is 21.8. The van der Waals surface area contributed by atoms with Crippen LogP contribution in [0.3, 0.4) is 0 Å². The molecular formula is C23H22ClF3NO4+. The van der Waals surface area contributed by atoms with Gasteiger partial charge in [0.2, 0.25) is 11.2 Å². The molecule has 0 radical (unpaired) electrons. The van der Waals surface area contributed by atoms with Crippen LogP contribution in [-0.4, -0.2) is 30.4 Å². The molecule has 0 saturated carbocycles. The van der Waals surface area contributed by atoms with Crippen LogP contribution >= 0.6 is 11.6 Å². The van der Waals surface area contributed by atoms with E-state index in [4.69, 9.17) is 20.8 Å². The van der Waals surface area contributed by atoms with Gasteiger partial charge in [0.1, 0.15) is 37.6 Å². The predicted molar refractivity (Wildman–Crippen MR) is 114 cm³/mol. The van der Waals surface area contributed by atoms with Crippen LogP contribution in [0.1, 0.15) is 25.2 Å². The van der Waals surface area contributed by atoms with Gasteiger partial charge >= 0.3 is 6.18 Å². The third-order valence-corrected chi connectivity index (χ3v) is 5.82. The fourth-order valence-electron chi connectivity index (χ4n) is 4.34. The lowest BCUT2D eigenvalue weighted by Crippen LogP contribution is -3.14. The molecule has 2 N–H and O–H groups in total. The highest BCUT2D eigenvalue weighted by Gasteiger charge is 2.40. The van der Waals surface area contributed by atoms with Gasteiger partial charge in [0, 0.05) is 5.02 Å². The minimum absolute atomic E-state index is 0.0236. The van der Waals surface area contributed by atoms with Gasteiger partial charge in [-0.1, -0.05) is 23.7 Å². The third-order valence-electron chi connectivity index (χ3n) is 5.57. The molecule has 170 valence electrons. The van der Waals surface area contributed by atoms with Gasteiger partial charge in [-0.15, -0.1) is 0 Å². The minimum atomic E-state index is -4.92. The van der Waals surface area contributed by atoms with E-state index in [-0.39, 0.29) is 46.6 Å². The van der Waals surface area contributed by atoms with Gasteiger partial charge in [-0.2, -0.15) is 13.2 Å². The van der Waals surface area contributed by atoms with Crippen LogP contribution in [0, 0.1) is 0 Å². The minimum Gasteiger partial charge on any atom is -0.507 e. The topological polar surface area (TPSA) is 64.1 Å². The van der Waals surface area contributed by atoms with Gasteiger partial charge in [-0.25, -0.2) is 0 Å². The molecule has 0 bridgehead atoms. The number of fused-ring (bicyclic) bond motifs is 1. The van der Waals surface area contributed by atoms with Crippen LogP contribution in [0.4, 0.5) is 13.2 Å². The number of nitrogens with one attached hydrogen (secondary N) is 1. The van der Waals surface area contributed by atoms with Crippen LogP contribution in [0.2, 0.25) is 5.02 Å². The standard InChI is InChI=1S/C23H21ClF3NO4/c1-12-9-28(10-13(2)31-12)11-17-18(29)8-7-16-20(30)19(14-3-5-15(24)6-4-14)22(23(25,26)27)32-21(16)17/h3-8,12-13,29H,9-11H2,1-2H3/p+1/t12-,13+. The third kappa shape index (κ3) is 4.35. The second-order valence-corrected chi connectivity index (χ2v) is 8.61. The first-order chi connectivity index (χ1) is 15.0. The Balaban J connectivity index is 1.92. The van der Waals surface area contributed by atoms with Gasteiger partial charge in [-0.3, -0.25) is 4.79 Å². The molecule has 3 aromatic rings. The number of morpholine rings is 1. The number of phenolic OH excluding ortho intramolecular Hbond substituents is 1. The number of aromatic hydroxyl groups is 1. The van der Waals surface area contributed by atoms with Gasteiger partial charge in [0.15, 0.2) is 5.58 Å². The van der Waals surface area contributed by atoms with Crippen molar-refractivity contribution in [2.24, 2.45) is 0 Å². The van der Waals surface area contributed by atoms with Crippen LogP contribution in [-0.2, 0) is 17.5 Å². The number of alkyl halides is 3. The Hall–Kier alpha value is -2.55. The molecule has 2 aromatic carbocycles. The van der Waals surface area contributed by atoms with E-state index in [9.17, 15) is 23.1 Å². The molecule has 1 aliphatic heterocycles. The molecule has 32 heavy (non-hydrogen) atoms. The van der Waals surface area contributed by atoms with Crippen LogP contribution in [0.15, 0.2) is 45.6 Å². The average molecular weight is 469 g/mol. The van der Waals surface area contributed by atoms with Gasteiger partial charge in [0.25, 0.3) is 0 Å². The lowest BCUT2D eigenvalue weighted by atomic mass is 10.00. The summed E-state index contributed by atoms with van der Waals surface area (Å²) in [4.78, 5) is 14.3. The first kappa shape index (κ1) is 22.6. The number of hydrogen-bond acceptors (Lipinski definition) is 4. The Morgan fingerprint density at radius 2 is 1.72 bits per heavy atom. The lowest BCUT2D eigenvalue weighted by molar-refractivity contribution is -0.928. The molecule has 9 heteroatoms. The molecule has 0 amide bonds. The molecule has 0 aliphatic carbocycles. The Morgan fingerprint density at radius 3 is 2.31 bits per heavy atom. The number of halogens is 4.